The van der Waals surface area contributed by atoms with Crippen LogP contribution in [0, 0.1) is 13.8 Å². The molecule has 2 heterocycles. The maximum atomic E-state index is 9.38. The van der Waals surface area contributed by atoms with Crippen molar-refractivity contribution in [3.8, 4) is 11.5 Å². The van der Waals surface area contributed by atoms with Crippen molar-refractivity contribution >= 4 is 0 Å². The number of phenols is 1. The van der Waals surface area contributed by atoms with Gasteiger partial charge in [0.15, 0.2) is 0 Å². The largest absolute Gasteiger partial charge is 0.508 e. The van der Waals surface area contributed by atoms with Crippen molar-refractivity contribution in [2.45, 2.75) is 27.0 Å². The molecule has 0 saturated heterocycles. The fourth-order valence-corrected chi connectivity index (χ4v) is 2.10. The van der Waals surface area contributed by atoms with Crippen LogP contribution >= 0.6 is 0 Å². The summed E-state index contributed by atoms with van der Waals surface area (Å²) < 4.78 is 12.4. The normalized spacial score (nSPS) is 10.8. The van der Waals surface area contributed by atoms with E-state index in [9.17, 15) is 5.11 Å². The lowest BCUT2D eigenvalue weighted by atomic mass is 10.2. The first-order valence-corrected chi connectivity index (χ1v) is 6.84. The molecule has 0 spiro atoms. The van der Waals surface area contributed by atoms with Gasteiger partial charge in [-0.05, 0) is 26.0 Å². The first-order valence-electron chi connectivity index (χ1n) is 6.84. The zero-order chi connectivity index (χ0) is 15.5. The number of ether oxygens (including phenoxy) is 1. The summed E-state index contributed by atoms with van der Waals surface area (Å²) in [5.74, 6) is 1.53. The van der Waals surface area contributed by atoms with E-state index in [1.165, 1.54) is 0 Å². The lowest BCUT2D eigenvalue weighted by Gasteiger charge is -2.03. The molecule has 0 aliphatic rings. The standard InChI is InChI=1S/C15H16N4O3/c1-10-15(11(2)22-17-10)8-19-7-12(16-18-19)9-21-14-5-3-4-13(20)6-14/h3-7,20H,8-9H2,1-2H3. The lowest BCUT2D eigenvalue weighted by molar-refractivity contribution is 0.299. The van der Waals surface area contributed by atoms with Crippen LogP contribution in [0.2, 0.25) is 0 Å². The van der Waals surface area contributed by atoms with Gasteiger partial charge in [-0.1, -0.05) is 16.4 Å². The van der Waals surface area contributed by atoms with Crippen molar-refractivity contribution in [3.05, 3.63) is 53.2 Å². The van der Waals surface area contributed by atoms with E-state index < -0.39 is 0 Å². The Bertz CT molecular complexity index is 759. The monoisotopic (exact) mass is 300 g/mol. The van der Waals surface area contributed by atoms with Crippen LogP contribution in [-0.2, 0) is 13.2 Å². The van der Waals surface area contributed by atoms with Crippen LogP contribution < -0.4 is 4.74 Å². The first-order chi connectivity index (χ1) is 10.6. The SMILES string of the molecule is Cc1noc(C)c1Cn1cc(COc2cccc(O)c2)nn1. The number of aromatic hydroxyl groups is 1. The van der Waals surface area contributed by atoms with Crippen LogP contribution in [0.15, 0.2) is 35.0 Å². The molecule has 22 heavy (non-hydrogen) atoms. The number of phenolic OH excluding ortho intramolecular Hbond substituents is 1. The maximum absolute atomic E-state index is 9.38. The molecule has 0 aliphatic heterocycles. The average Bonchev–Trinajstić information content (AvgIpc) is 3.07. The molecule has 3 aromatic rings. The number of benzene rings is 1. The van der Waals surface area contributed by atoms with E-state index in [1.54, 1.807) is 28.9 Å². The van der Waals surface area contributed by atoms with Gasteiger partial charge in [0.2, 0.25) is 0 Å². The quantitative estimate of drug-likeness (QED) is 0.777. The number of aryl methyl sites for hydroxylation is 2. The second-order valence-corrected chi connectivity index (χ2v) is 5.00. The fraction of sp³-hybridized carbons (Fsp3) is 0.267. The van der Waals surface area contributed by atoms with Crippen LogP contribution in [-0.4, -0.2) is 25.3 Å². The Labute approximate surface area is 127 Å². The minimum Gasteiger partial charge on any atom is -0.508 e. The summed E-state index contributed by atoms with van der Waals surface area (Å²) in [5, 5.41) is 21.4. The van der Waals surface area contributed by atoms with Gasteiger partial charge in [-0.2, -0.15) is 0 Å². The predicted molar refractivity (Wildman–Crippen MR) is 77.5 cm³/mol. The summed E-state index contributed by atoms with van der Waals surface area (Å²) in [6.45, 7) is 4.61. The van der Waals surface area contributed by atoms with Crippen molar-refractivity contribution in [2.75, 3.05) is 0 Å². The van der Waals surface area contributed by atoms with E-state index in [1.807, 2.05) is 20.0 Å². The number of nitrogens with zero attached hydrogens (tertiary/aromatic N) is 4. The molecule has 0 radical (unpaired) electrons. The zero-order valence-electron chi connectivity index (χ0n) is 12.4. The van der Waals surface area contributed by atoms with Crippen molar-refractivity contribution < 1.29 is 14.4 Å². The molecule has 114 valence electrons. The Kier molecular flexibility index (Phi) is 3.78. The highest BCUT2D eigenvalue weighted by molar-refractivity contribution is 5.31. The molecule has 7 nitrogen and oxygen atoms in total. The van der Waals surface area contributed by atoms with E-state index >= 15 is 0 Å². The van der Waals surface area contributed by atoms with E-state index in [0.717, 1.165) is 17.0 Å². The molecule has 1 aromatic carbocycles. The Balaban J connectivity index is 1.64. The highest BCUT2D eigenvalue weighted by Gasteiger charge is 2.11. The molecule has 0 amide bonds. The molecule has 0 aliphatic carbocycles. The molecule has 0 bridgehead atoms. The van der Waals surface area contributed by atoms with Crippen molar-refractivity contribution in [3.63, 3.8) is 0 Å². The maximum Gasteiger partial charge on any atom is 0.138 e. The Hall–Kier alpha value is -2.83. The minimum atomic E-state index is 0.166. The summed E-state index contributed by atoms with van der Waals surface area (Å²) in [7, 11) is 0. The van der Waals surface area contributed by atoms with Gasteiger partial charge in [-0.25, -0.2) is 4.68 Å². The van der Waals surface area contributed by atoms with Gasteiger partial charge in [0, 0.05) is 11.6 Å². The average molecular weight is 300 g/mol. The molecular formula is C15H16N4O3. The summed E-state index contributed by atoms with van der Waals surface area (Å²) in [4.78, 5) is 0. The first kappa shape index (κ1) is 14.1. The number of aromatic nitrogens is 4. The van der Waals surface area contributed by atoms with Crippen molar-refractivity contribution in [1.29, 1.82) is 0 Å². The molecule has 0 atom stereocenters. The van der Waals surface area contributed by atoms with Crippen LogP contribution in [0.4, 0.5) is 0 Å². The Morgan fingerprint density at radius 1 is 1.32 bits per heavy atom. The van der Waals surface area contributed by atoms with E-state index in [4.69, 9.17) is 9.26 Å². The highest BCUT2D eigenvalue weighted by atomic mass is 16.5. The van der Waals surface area contributed by atoms with Gasteiger partial charge in [0.25, 0.3) is 0 Å². The van der Waals surface area contributed by atoms with Crippen LogP contribution in [0.5, 0.6) is 11.5 Å². The van der Waals surface area contributed by atoms with Gasteiger partial charge < -0.3 is 14.4 Å². The third kappa shape index (κ3) is 3.08. The van der Waals surface area contributed by atoms with Crippen LogP contribution in [0.3, 0.4) is 0 Å². The predicted octanol–water partition coefficient (Wildman–Crippen LogP) is 2.22. The van der Waals surface area contributed by atoms with Crippen molar-refractivity contribution in [1.82, 2.24) is 20.2 Å². The molecule has 2 aromatic heterocycles. The van der Waals surface area contributed by atoms with E-state index in [0.29, 0.717) is 18.0 Å². The third-order valence-electron chi connectivity index (χ3n) is 3.29. The minimum absolute atomic E-state index is 0.166. The molecule has 0 fully saturated rings. The fourth-order valence-electron chi connectivity index (χ4n) is 2.10. The Morgan fingerprint density at radius 2 is 2.18 bits per heavy atom. The number of hydrogen-bond acceptors (Lipinski definition) is 6. The van der Waals surface area contributed by atoms with Gasteiger partial charge in [0.05, 0.1) is 18.4 Å². The lowest BCUT2D eigenvalue weighted by Crippen LogP contribution is -2.02. The van der Waals surface area contributed by atoms with Crippen LogP contribution in [0.1, 0.15) is 22.7 Å². The second kappa shape index (κ2) is 5.88. The second-order valence-electron chi connectivity index (χ2n) is 5.00. The molecule has 1 N–H and O–H groups in total. The smallest absolute Gasteiger partial charge is 0.138 e. The van der Waals surface area contributed by atoms with Crippen LogP contribution in [0.25, 0.3) is 0 Å². The summed E-state index contributed by atoms with van der Waals surface area (Å²) >= 11 is 0. The van der Waals surface area contributed by atoms with E-state index in [2.05, 4.69) is 15.5 Å². The number of rotatable bonds is 5. The zero-order valence-corrected chi connectivity index (χ0v) is 12.4. The van der Waals surface area contributed by atoms with E-state index in [-0.39, 0.29) is 12.4 Å². The molecule has 7 heteroatoms. The molecule has 3 rings (SSSR count). The Morgan fingerprint density at radius 3 is 2.91 bits per heavy atom. The topological polar surface area (TPSA) is 86.2 Å². The van der Waals surface area contributed by atoms with Gasteiger partial charge >= 0.3 is 0 Å². The molecular weight excluding hydrogens is 284 g/mol. The summed E-state index contributed by atoms with van der Waals surface area (Å²) in [5.41, 5.74) is 2.56. The van der Waals surface area contributed by atoms with Gasteiger partial charge in [-0.15, -0.1) is 5.10 Å². The molecule has 0 unspecified atom stereocenters. The summed E-state index contributed by atoms with van der Waals surface area (Å²) in [6.07, 6.45) is 1.81. The molecule has 0 saturated carbocycles. The third-order valence-corrected chi connectivity index (χ3v) is 3.29. The van der Waals surface area contributed by atoms with Gasteiger partial charge in [-0.3, -0.25) is 0 Å². The highest BCUT2D eigenvalue weighted by Crippen LogP contribution is 2.18. The van der Waals surface area contributed by atoms with Gasteiger partial charge in [0.1, 0.15) is 29.6 Å². The number of hydrogen-bond donors (Lipinski definition) is 1. The summed E-state index contributed by atoms with van der Waals surface area (Å²) in [6, 6.07) is 6.63. The van der Waals surface area contributed by atoms with Crippen molar-refractivity contribution in [2.24, 2.45) is 0 Å².